The van der Waals surface area contributed by atoms with Crippen molar-refractivity contribution in [3.8, 4) is 0 Å². The molecule has 124 valence electrons. The van der Waals surface area contributed by atoms with Crippen LogP contribution in [0.15, 0.2) is 24.3 Å². The molecule has 0 atom stereocenters. The van der Waals surface area contributed by atoms with E-state index in [1.54, 1.807) is 4.90 Å². The second-order valence-corrected chi connectivity index (χ2v) is 6.64. The number of carbonyl (C=O) groups excluding carboxylic acids is 1. The number of hydrogen-bond acceptors (Lipinski definition) is 4. The molecule has 0 saturated carbocycles. The first-order valence-corrected chi connectivity index (χ1v) is 7.74. The number of benzene rings is 1. The van der Waals surface area contributed by atoms with Crippen LogP contribution in [0.5, 0.6) is 0 Å². The highest BCUT2D eigenvalue weighted by molar-refractivity contribution is 5.68. The lowest BCUT2D eigenvalue weighted by molar-refractivity contribution is 0.0193. The maximum atomic E-state index is 12.2. The van der Waals surface area contributed by atoms with Crippen LogP contribution in [0.3, 0.4) is 0 Å². The number of nitrogens with one attached hydrogen (secondary N) is 1. The van der Waals surface area contributed by atoms with Gasteiger partial charge in [-0.1, -0.05) is 18.2 Å². The molecule has 0 aliphatic rings. The van der Waals surface area contributed by atoms with Crippen LogP contribution in [-0.2, 0) is 11.3 Å². The summed E-state index contributed by atoms with van der Waals surface area (Å²) in [6, 6.07) is 7.86. The number of nitrogens with two attached hydrogens (primary N) is 1. The number of ether oxygens (including phenoxy) is 1. The van der Waals surface area contributed by atoms with Crippen LogP contribution in [0.1, 0.15) is 40.2 Å². The maximum absolute atomic E-state index is 12.2. The highest BCUT2D eigenvalue weighted by Crippen LogP contribution is 2.12. The van der Waals surface area contributed by atoms with Crippen molar-refractivity contribution in [1.82, 2.24) is 10.2 Å². The fraction of sp³-hybridized carbons (Fsp3) is 0.588. The minimum atomic E-state index is -0.476. The largest absolute Gasteiger partial charge is 0.444 e. The predicted octanol–water partition coefficient (Wildman–Crippen LogP) is 3.00. The summed E-state index contributed by atoms with van der Waals surface area (Å²) >= 11 is 0. The van der Waals surface area contributed by atoms with E-state index in [9.17, 15) is 4.79 Å². The second kappa shape index (κ2) is 8.03. The van der Waals surface area contributed by atoms with E-state index in [4.69, 9.17) is 10.5 Å². The minimum absolute atomic E-state index is 0.0958. The molecule has 0 saturated heterocycles. The standard InChI is InChI=1S/C17H29N3O2/c1-13(2)20(16(21)22-17(3,4)5)11-10-19-12-14-8-6-7-9-15(14)18/h6-9,13,19H,10-12,18H2,1-5H3. The fourth-order valence-corrected chi connectivity index (χ4v) is 2.00. The van der Waals surface area contributed by atoms with Gasteiger partial charge in [0.05, 0.1) is 0 Å². The molecule has 5 heteroatoms. The molecule has 0 radical (unpaired) electrons. The Morgan fingerprint density at radius 3 is 2.50 bits per heavy atom. The average molecular weight is 307 g/mol. The lowest BCUT2D eigenvalue weighted by atomic mass is 10.2. The zero-order valence-electron chi connectivity index (χ0n) is 14.3. The third kappa shape index (κ3) is 6.35. The number of carbonyl (C=O) groups is 1. The van der Waals surface area contributed by atoms with E-state index in [0.717, 1.165) is 11.3 Å². The number of anilines is 1. The molecule has 1 rings (SSSR count). The number of nitrogens with zero attached hydrogens (tertiary/aromatic N) is 1. The molecule has 0 fully saturated rings. The van der Waals surface area contributed by atoms with E-state index in [-0.39, 0.29) is 12.1 Å². The topological polar surface area (TPSA) is 67.6 Å². The number of hydrogen-bond donors (Lipinski definition) is 2. The summed E-state index contributed by atoms with van der Waals surface area (Å²) in [5, 5.41) is 3.32. The van der Waals surface area contributed by atoms with Gasteiger partial charge in [-0.25, -0.2) is 4.79 Å². The second-order valence-electron chi connectivity index (χ2n) is 6.64. The minimum Gasteiger partial charge on any atom is -0.444 e. The Kier molecular flexibility index (Phi) is 6.68. The van der Waals surface area contributed by atoms with E-state index >= 15 is 0 Å². The van der Waals surface area contributed by atoms with Crippen LogP contribution < -0.4 is 11.1 Å². The molecule has 1 amide bonds. The van der Waals surface area contributed by atoms with Crippen molar-refractivity contribution in [1.29, 1.82) is 0 Å². The summed E-state index contributed by atoms with van der Waals surface area (Å²) in [6.45, 7) is 11.6. The molecule has 0 heterocycles. The Hall–Kier alpha value is -1.75. The predicted molar refractivity (Wildman–Crippen MR) is 90.6 cm³/mol. The first-order valence-electron chi connectivity index (χ1n) is 7.74. The summed E-state index contributed by atoms with van der Waals surface area (Å²) in [6.07, 6.45) is -0.275. The monoisotopic (exact) mass is 307 g/mol. The van der Waals surface area contributed by atoms with E-state index in [0.29, 0.717) is 19.6 Å². The van der Waals surface area contributed by atoms with Crippen molar-refractivity contribution in [2.24, 2.45) is 0 Å². The quantitative estimate of drug-likeness (QED) is 0.626. The van der Waals surface area contributed by atoms with Crippen molar-refractivity contribution in [2.45, 2.75) is 52.8 Å². The molecular weight excluding hydrogens is 278 g/mol. The normalized spacial score (nSPS) is 11.5. The molecule has 1 aromatic rings. The SMILES string of the molecule is CC(C)N(CCNCc1ccccc1N)C(=O)OC(C)(C)C. The molecule has 5 nitrogen and oxygen atoms in total. The first-order chi connectivity index (χ1) is 10.2. The molecule has 22 heavy (non-hydrogen) atoms. The van der Waals surface area contributed by atoms with E-state index in [1.807, 2.05) is 58.9 Å². The Morgan fingerprint density at radius 2 is 1.95 bits per heavy atom. The van der Waals surface area contributed by atoms with Crippen molar-refractivity contribution in [3.05, 3.63) is 29.8 Å². The molecule has 0 aliphatic carbocycles. The molecule has 0 spiro atoms. The number of para-hydroxylation sites is 1. The third-order valence-electron chi connectivity index (χ3n) is 3.15. The van der Waals surface area contributed by atoms with Crippen LogP contribution in [0.25, 0.3) is 0 Å². The number of amides is 1. The van der Waals surface area contributed by atoms with Crippen molar-refractivity contribution >= 4 is 11.8 Å². The van der Waals surface area contributed by atoms with Gasteiger partial charge in [-0.15, -0.1) is 0 Å². The van der Waals surface area contributed by atoms with Crippen molar-refractivity contribution in [2.75, 3.05) is 18.8 Å². The van der Waals surface area contributed by atoms with E-state index < -0.39 is 5.60 Å². The third-order valence-corrected chi connectivity index (χ3v) is 3.15. The molecular formula is C17H29N3O2. The van der Waals surface area contributed by atoms with Crippen LogP contribution in [0, 0.1) is 0 Å². The van der Waals surface area contributed by atoms with Gasteiger partial charge in [0.25, 0.3) is 0 Å². The van der Waals surface area contributed by atoms with Crippen LogP contribution in [0.4, 0.5) is 10.5 Å². The highest BCUT2D eigenvalue weighted by atomic mass is 16.6. The zero-order valence-corrected chi connectivity index (χ0v) is 14.3. The number of rotatable bonds is 6. The van der Waals surface area contributed by atoms with Gasteiger partial charge in [-0.3, -0.25) is 0 Å². The summed E-state index contributed by atoms with van der Waals surface area (Å²) in [4.78, 5) is 13.9. The molecule has 0 bridgehead atoms. The Bertz CT molecular complexity index is 481. The zero-order chi connectivity index (χ0) is 16.8. The van der Waals surface area contributed by atoms with Gasteiger partial charge in [0.15, 0.2) is 0 Å². The Morgan fingerprint density at radius 1 is 1.32 bits per heavy atom. The van der Waals surface area contributed by atoms with Gasteiger partial charge in [0.2, 0.25) is 0 Å². The van der Waals surface area contributed by atoms with Gasteiger partial charge in [-0.2, -0.15) is 0 Å². The van der Waals surface area contributed by atoms with Crippen molar-refractivity contribution < 1.29 is 9.53 Å². The van der Waals surface area contributed by atoms with Crippen LogP contribution >= 0.6 is 0 Å². The van der Waals surface area contributed by atoms with Crippen LogP contribution in [-0.4, -0.2) is 35.7 Å². The molecule has 3 N–H and O–H groups in total. The Balaban J connectivity index is 2.45. The summed E-state index contributed by atoms with van der Waals surface area (Å²) < 4.78 is 5.43. The molecule has 0 aliphatic heterocycles. The first kappa shape index (κ1) is 18.3. The molecule has 1 aromatic carbocycles. The highest BCUT2D eigenvalue weighted by Gasteiger charge is 2.23. The molecule has 0 unspecified atom stereocenters. The summed E-state index contributed by atoms with van der Waals surface area (Å²) in [5.41, 5.74) is 7.27. The summed E-state index contributed by atoms with van der Waals surface area (Å²) in [5.74, 6) is 0. The van der Waals surface area contributed by atoms with E-state index in [1.165, 1.54) is 0 Å². The number of nitrogen functional groups attached to an aromatic ring is 1. The van der Waals surface area contributed by atoms with Gasteiger partial charge in [-0.05, 0) is 46.2 Å². The fourth-order valence-electron chi connectivity index (χ4n) is 2.00. The van der Waals surface area contributed by atoms with Gasteiger partial charge < -0.3 is 20.7 Å². The van der Waals surface area contributed by atoms with Gasteiger partial charge >= 0.3 is 6.09 Å². The van der Waals surface area contributed by atoms with E-state index in [2.05, 4.69) is 5.32 Å². The summed E-state index contributed by atoms with van der Waals surface area (Å²) in [7, 11) is 0. The maximum Gasteiger partial charge on any atom is 0.410 e. The van der Waals surface area contributed by atoms with Gasteiger partial charge in [0.1, 0.15) is 5.60 Å². The lowest BCUT2D eigenvalue weighted by Crippen LogP contribution is -2.44. The molecule has 0 aromatic heterocycles. The van der Waals surface area contributed by atoms with Gasteiger partial charge in [0, 0.05) is 31.4 Å². The smallest absolute Gasteiger partial charge is 0.410 e. The lowest BCUT2D eigenvalue weighted by Gasteiger charge is -2.30. The van der Waals surface area contributed by atoms with Crippen molar-refractivity contribution in [3.63, 3.8) is 0 Å². The van der Waals surface area contributed by atoms with Crippen LogP contribution in [0.2, 0.25) is 0 Å². The average Bonchev–Trinajstić information content (AvgIpc) is 2.37. The Labute approximate surface area is 133 Å².